The molecule has 3 aromatic rings. The largest absolute Gasteiger partial charge is 0.500 e. The van der Waals surface area contributed by atoms with E-state index in [0.29, 0.717) is 5.89 Å². The van der Waals surface area contributed by atoms with Crippen molar-refractivity contribution in [1.29, 1.82) is 0 Å². The summed E-state index contributed by atoms with van der Waals surface area (Å²) in [5, 5.41) is 0. The molecule has 0 aliphatic rings. The molecular formula is C15H12NOY-. The molecule has 0 bridgehead atoms. The number of nitrogens with zero attached hydrogens (tertiary/aromatic N) is 1. The first-order valence-electron chi connectivity index (χ1n) is 5.59. The van der Waals surface area contributed by atoms with Gasteiger partial charge in [0.25, 0.3) is 0 Å². The Kier molecular flexibility index (Phi) is 3.98. The van der Waals surface area contributed by atoms with E-state index >= 15 is 0 Å². The van der Waals surface area contributed by atoms with Gasteiger partial charge in [-0.05, 0) is 24.6 Å². The zero-order valence-corrected chi connectivity index (χ0v) is 13.2. The minimum Gasteiger partial charge on any atom is -0.500 e. The summed E-state index contributed by atoms with van der Waals surface area (Å²) in [5.41, 5.74) is 4.87. The summed E-state index contributed by atoms with van der Waals surface area (Å²) in [7, 11) is 0. The van der Waals surface area contributed by atoms with Gasteiger partial charge in [-0.1, -0.05) is 24.6 Å². The monoisotopic (exact) mass is 311 g/mol. The third kappa shape index (κ3) is 2.55. The molecule has 1 heterocycles. The van der Waals surface area contributed by atoms with Crippen LogP contribution >= 0.6 is 0 Å². The van der Waals surface area contributed by atoms with Gasteiger partial charge < -0.3 is 4.42 Å². The molecule has 2 aromatic carbocycles. The van der Waals surface area contributed by atoms with Gasteiger partial charge in [-0.25, -0.2) is 4.98 Å². The molecule has 0 saturated carbocycles. The molecule has 18 heavy (non-hydrogen) atoms. The molecule has 87 valence electrons. The molecular weight excluding hydrogens is 299 g/mol. The van der Waals surface area contributed by atoms with Gasteiger partial charge in [-0.2, -0.15) is 11.6 Å². The van der Waals surface area contributed by atoms with Crippen LogP contribution in [0.4, 0.5) is 0 Å². The predicted molar refractivity (Wildman–Crippen MR) is 67.8 cm³/mol. The second kappa shape index (κ2) is 5.33. The van der Waals surface area contributed by atoms with E-state index in [0.717, 1.165) is 22.2 Å². The number of hydrogen-bond donors (Lipinski definition) is 0. The Hall–Kier alpha value is -0.986. The van der Waals surface area contributed by atoms with Crippen LogP contribution in [0.5, 0.6) is 0 Å². The minimum atomic E-state index is 0. The number of hydrogen-bond acceptors (Lipinski definition) is 2. The van der Waals surface area contributed by atoms with Gasteiger partial charge in [-0.3, -0.25) is 0 Å². The fourth-order valence-corrected chi connectivity index (χ4v) is 1.78. The average molecular weight is 311 g/mol. The van der Waals surface area contributed by atoms with E-state index in [2.05, 4.69) is 30.1 Å². The second-order valence-corrected chi connectivity index (χ2v) is 4.24. The van der Waals surface area contributed by atoms with Crippen molar-refractivity contribution in [2.75, 3.05) is 0 Å². The molecule has 0 aliphatic heterocycles. The number of rotatable bonds is 1. The molecule has 0 amide bonds. The van der Waals surface area contributed by atoms with Gasteiger partial charge in [0.1, 0.15) is 0 Å². The van der Waals surface area contributed by atoms with Crippen molar-refractivity contribution >= 4 is 11.1 Å². The second-order valence-electron chi connectivity index (χ2n) is 4.24. The SMILES string of the molecule is Cc1[c-]c2nc(-c3ccc(C)cc3)oc2cc1.[Y]. The van der Waals surface area contributed by atoms with Crippen molar-refractivity contribution in [2.45, 2.75) is 13.8 Å². The molecule has 0 atom stereocenters. The van der Waals surface area contributed by atoms with Crippen LogP contribution in [0.1, 0.15) is 11.1 Å². The molecule has 1 aromatic heterocycles. The van der Waals surface area contributed by atoms with E-state index in [1.54, 1.807) is 0 Å². The zero-order valence-electron chi connectivity index (χ0n) is 10.4. The first kappa shape index (κ1) is 13.4. The molecule has 3 rings (SSSR count). The maximum atomic E-state index is 5.71. The van der Waals surface area contributed by atoms with Crippen LogP contribution in [0.2, 0.25) is 0 Å². The number of benzene rings is 2. The van der Waals surface area contributed by atoms with E-state index in [4.69, 9.17) is 4.42 Å². The van der Waals surface area contributed by atoms with Crippen LogP contribution in [-0.2, 0) is 32.7 Å². The third-order valence-electron chi connectivity index (χ3n) is 2.75. The van der Waals surface area contributed by atoms with Crippen LogP contribution in [0.3, 0.4) is 0 Å². The maximum absolute atomic E-state index is 5.71. The molecule has 0 aliphatic carbocycles. The summed E-state index contributed by atoms with van der Waals surface area (Å²) in [6.07, 6.45) is 0. The van der Waals surface area contributed by atoms with Gasteiger partial charge in [0.15, 0.2) is 0 Å². The Morgan fingerprint density at radius 1 is 1.00 bits per heavy atom. The fourth-order valence-electron chi connectivity index (χ4n) is 1.78. The molecule has 0 spiro atoms. The molecule has 0 saturated heterocycles. The molecule has 0 unspecified atom stereocenters. The topological polar surface area (TPSA) is 26.0 Å². The van der Waals surface area contributed by atoms with E-state index in [1.165, 1.54) is 5.56 Å². The van der Waals surface area contributed by atoms with Crippen LogP contribution in [0, 0.1) is 19.9 Å². The summed E-state index contributed by atoms with van der Waals surface area (Å²) in [6, 6.07) is 15.3. The number of oxazole rings is 1. The van der Waals surface area contributed by atoms with E-state index in [-0.39, 0.29) is 32.7 Å². The minimum absolute atomic E-state index is 0. The van der Waals surface area contributed by atoms with Gasteiger partial charge in [0.05, 0.1) is 0 Å². The van der Waals surface area contributed by atoms with Gasteiger partial charge in [0.2, 0.25) is 5.89 Å². The summed E-state index contributed by atoms with van der Waals surface area (Å²) in [6.45, 7) is 4.06. The molecule has 2 nitrogen and oxygen atoms in total. The first-order valence-corrected chi connectivity index (χ1v) is 5.59. The third-order valence-corrected chi connectivity index (χ3v) is 2.75. The molecule has 0 fully saturated rings. The van der Waals surface area contributed by atoms with E-state index in [9.17, 15) is 0 Å². The molecule has 1 radical (unpaired) electrons. The van der Waals surface area contributed by atoms with Crippen molar-refractivity contribution in [1.82, 2.24) is 4.98 Å². The van der Waals surface area contributed by atoms with Gasteiger partial charge in [-0.15, -0.1) is 12.1 Å². The smallest absolute Gasteiger partial charge is 0.212 e. The van der Waals surface area contributed by atoms with Crippen molar-refractivity contribution < 1.29 is 37.1 Å². The Labute approximate surface area is 131 Å². The standard InChI is InChI=1S/C15H12NO.Y/c1-10-3-6-12(7-4-10)15-16-13-9-11(2)5-8-14(13)17-15;/h3-8H,1-2H3;/q-1;. The summed E-state index contributed by atoms with van der Waals surface area (Å²) >= 11 is 0. The Morgan fingerprint density at radius 3 is 2.44 bits per heavy atom. The zero-order chi connectivity index (χ0) is 11.8. The summed E-state index contributed by atoms with van der Waals surface area (Å²) in [4.78, 5) is 4.45. The van der Waals surface area contributed by atoms with Crippen LogP contribution < -0.4 is 0 Å². The van der Waals surface area contributed by atoms with Crippen LogP contribution in [0.25, 0.3) is 22.6 Å². The maximum Gasteiger partial charge on any atom is 0.212 e. The van der Waals surface area contributed by atoms with Gasteiger partial charge in [0, 0.05) is 43.9 Å². The normalized spacial score (nSPS) is 10.3. The van der Waals surface area contributed by atoms with Gasteiger partial charge >= 0.3 is 0 Å². The fraction of sp³-hybridized carbons (Fsp3) is 0.133. The molecule has 0 N–H and O–H groups in total. The van der Waals surface area contributed by atoms with Crippen molar-refractivity contribution in [3.05, 3.63) is 53.6 Å². The van der Waals surface area contributed by atoms with Crippen molar-refractivity contribution in [3.63, 3.8) is 0 Å². The first-order chi connectivity index (χ1) is 8.22. The summed E-state index contributed by atoms with van der Waals surface area (Å²) < 4.78 is 5.71. The number of aryl methyl sites for hydroxylation is 2. The van der Waals surface area contributed by atoms with Crippen molar-refractivity contribution in [3.8, 4) is 11.5 Å². The molecule has 3 heteroatoms. The number of aromatic nitrogens is 1. The summed E-state index contributed by atoms with van der Waals surface area (Å²) in [5.74, 6) is 0.654. The quantitative estimate of drug-likeness (QED) is 0.637. The number of fused-ring (bicyclic) bond motifs is 1. The Morgan fingerprint density at radius 2 is 1.72 bits per heavy atom. The van der Waals surface area contributed by atoms with Crippen LogP contribution in [0.15, 0.2) is 40.8 Å². The Bertz CT molecular complexity index is 671. The average Bonchev–Trinajstić information content (AvgIpc) is 2.72. The van der Waals surface area contributed by atoms with E-state index < -0.39 is 0 Å². The van der Waals surface area contributed by atoms with Crippen LogP contribution in [-0.4, -0.2) is 4.98 Å². The van der Waals surface area contributed by atoms with E-state index in [1.807, 2.05) is 31.2 Å². The Balaban J connectivity index is 0.00000120. The predicted octanol–water partition coefficient (Wildman–Crippen LogP) is 3.91. The van der Waals surface area contributed by atoms with Crippen molar-refractivity contribution in [2.24, 2.45) is 0 Å².